The first-order chi connectivity index (χ1) is 10.8. The van der Waals surface area contributed by atoms with E-state index in [4.69, 9.17) is 9.15 Å². The lowest BCUT2D eigenvalue weighted by molar-refractivity contribution is 0.0796. The standard InChI is InChI=1S/C16H20N2O3S/c19-16(17-9-13-5-7-20-12-13)18(10-14-3-1-6-21-14)11-15-4-2-8-22-15/h2,4-5,7-8,12,14H,1,3,6,9-11H2,(H,17,19)/t14-/m0/s1. The van der Waals surface area contributed by atoms with Crippen LogP contribution in [0, 0.1) is 0 Å². The first-order valence-electron chi connectivity index (χ1n) is 7.49. The van der Waals surface area contributed by atoms with Gasteiger partial charge in [0.2, 0.25) is 0 Å². The van der Waals surface area contributed by atoms with E-state index >= 15 is 0 Å². The highest BCUT2D eigenvalue weighted by Gasteiger charge is 2.23. The number of nitrogens with one attached hydrogen (secondary N) is 1. The van der Waals surface area contributed by atoms with Crippen LogP contribution in [0.3, 0.4) is 0 Å². The molecule has 0 bridgehead atoms. The molecule has 0 radical (unpaired) electrons. The molecule has 1 saturated heterocycles. The number of amides is 2. The maximum atomic E-state index is 12.5. The molecule has 0 aliphatic carbocycles. The third-order valence-electron chi connectivity index (χ3n) is 3.69. The van der Waals surface area contributed by atoms with E-state index in [1.165, 1.54) is 4.88 Å². The third-order valence-corrected chi connectivity index (χ3v) is 4.55. The number of carbonyl (C=O) groups excluding carboxylic acids is 1. The fraction of sp³-hybridized carbons (Fsp3) is 0.438. The number of thiophene rings is 1. The first kappa shape index (κ1) is 15.1. The molecule has 0 spiro atoms. The van der Waals surface area contributed by atoms with Crippen molar-refractivity contribution in [2.75, 3.05) is 13.2 Å². The molecule has 2 aromatic heterocycles. The van der Waals surface area contributed by atoms with Crippen molar-refractivity contribution in [3.05, 3.63) is 46.5 Å². The Morgan fingerprint density at radius 3 is 3.09 bits per heavy atom. The number of urea groups is 1. The van der Waals surface area contributed by atoms with Crippen LogP contribution >= 0.6 is 11.3 Å². The monoisotopic (exact) mass is 320 g/mol. The van der Waals surface area contributed by atoms with Crippen molar-refractivity contribution in [2.45, 2.75) is 32.0 Å². The lowest BCUT2D eigenvalue weighted by Gasteiger charge is -2.25. The second-order valence-electron chi connectivity index (χ2n) is 5.39. The number of nitrogens with zero attached hydrogens (tertiary/aromatic N) is 1. The average molecular weight is 320 g/mol. The van der Waals surface area contributed by atoms with Crippen LogP contribution in [-0.2, 0) is 17.8 Å². The number of ether oxygens (including phenoxy) is 1. The van der Waals surface area contributed by atoms with Gasteiger partial charge in [-0.3, -0.25) is 0 Å². The Bertz CT molecular complexity index is 562. The average Bonchev–Trinajstić information content (AvgIpc) is 3.27. The van der Waals surface area contributed by atoms with Crippen LogP contribution in [0.1, 0.15) is 23.3 Å². The zero-order valence-electron chi connectivity index (χ0n) is 12.4. The number of hydrogen-bond acceptors (Lipinski definition) is 4. The molecule has 1 atom stereocenters. The molecule has 0 unspecified atom stereocenters. The minimum absolute atomic E-state index is 0.0647. The minimum Gasteiger partial charge on any atom is -0.472 e. The van der Waals surface area contributed by atoms with Gasteiger partial charge in [-0.1, -0.05) is 6.07 Å². The van der Waals surface area contributed by atoms with Gasteiger partial charge >= 0.3 is 6.03 Å². The molecular formula is C16H20N2O3S. The maximum Gasteiger partial charge on any atom is 0.318 e. The van der Waals surface area contributed by atoms with E-state index < -0.39 is 0 Å². The second kappa shape index (κ2) is 7.47. The summed E-state index contributed by atoms with van der Waals surface area (Å²) in [7, 11) is 0. The van der Waals surface area contributed by atoms with Crippen molar-refractivity contribution in [3.8, 4) is 0 Å². The van der Waals surface area contributed by atoms with Crippen molar-refractivity contribution in [1.82, 2.24) is 10.2 Å². The van der Waals surface area contributed by atoms with E-state index in [9.17, 15) is 4.79 Å². The van der Waals surface area contributed by atoms with Crippen LogP contribution in [-0.4, -0.2) is 30.2 Å². The summed E-state index contributed by atoms with van der Waals surface area (Å²) in [5, 5.41) is 4.98. The van der Waals surface area contributed by atoms with Gasteiger partial charge in [0.1, 0.15) is 0 Å². The molecule has 1 N–H and O–H groups in total. The molecule has 2 amide bonds. The van der Waals surface area contributed by atoms with Gasteiger partial charge in [-0.25, -0.2) is 4.79 Å². The van der Waals surface area contributed by atoms with Crippen molar-refractivity contribution in [1.29, 1.82) is 0 Å². The lowest BCUT2D eigenvalue weighted by Crippen LogP contribution is -2.42. The van der Waals surface area contributed by atoms with Crippen molar-refractivity contribution >= 4 is 17.4 Å². The molecule has 1 aliphatic rings. The van der Waals surface area contributed by atoms with Crippen LogP contribution in [0.4, 0.5) is 4.79 Å². The normalized spacial score (nSPS) is 17.5. The molecule has 2 aromatic rings. The molecule has 1 aliphatic heterocycles. The maximum absolute atomic E-state index is 12.5. The molecule has 3 rings (SSSR count). The smallest absolute Gasteiger partial charge is 0.318 e. The van der Waals surface area contributed by atoms with E-state index in [1.807, 2.05) is 22.4 Å². The molecule has 0 aromatic carbocycles. The van der Waals surface area contributed by atoms with Crippen LogP contribution in [0.2, 0.25) is 0 Å². The topological polar surface area (TPSA) is 54.7 Å². The van der Waals surface area contributed by atoms with Crippen molar-refractivity contribution in [3.63, 3.8) is 0 Å². The summed E-state index contributed by atoms with van der Waals surface area (Å²) < 4.78 is 10.7. The van der Waals surface area contributed by atoms with Crippen molar-refractivity contribution in [2.24, 2.45) is 0 Å². The van der Waals surface area contributed by atoms with E-state index in [0.29, 0.717) is 19.6 Å². The number of carbonyl (C=O) groups is 1. The van der Waals surface area contributed by atoms with E-state index in [2.05, 4.69) is 11.4 Å². The summed E-state index contributed by atoms with van der Waals surface area (Å²) in [5.74, 6) is 0. The Balaban J connectivity index is 1.59. The largest absolute Gasteiger partial charge is 0.472 e. The summed E-state index contributed by atoms with van der Waals surface area (Å²) in [5.41, 5.74) is 0.960. The van der Waals surface area contributed by atoms with Gasteiger partial charge in [-0.15, -0.1) is 11.3 Å². The summed E-state index contributed by atoms with van der Waals surface area (Å²) in [6.45, 7) is 2.53. The Morgan fingerprint density at radius 1 is 1.45 bits per heavy atom. The fourth-order valence-corrected chi connectivity index (χ4v) is 3.25. The van der Waals surface area contributed by atoms with Crippen LogP contribution in [0.25, 0.3) is 0 Å². The number of furan rings is 1. The Hall–Kier alpha value is -1.79. The zero-order valence-corrected chi connectivity index (χ0v) is 13.2. The molecule has 118 valence electrons. The van der Waals surface area contributed by atoms with Gasteiger partial charge < -0.3 is 19.4 Å². The fourth-order valence-electron chi connectivity index (χ4n) is 2.53. The summed E-state index contributed by atoms with van der Waals surface area (Å²) in [6, 6.07) is 5.85. The molecule has 5 nitrogen and oxygen atoms in total. The molecule has 0 saturated carbocycles. The SMILES string of the molecule is O=C(NCc1ccoc1)N(Cc1cccs1)C[C@@H]1CCCO1. The van der Waals surface area contributed by atoms with Gasteiger partial charge in [0.05, 0.1) is 25.2 Å². The van der Waals surface area contributed by atoms with E-state index in [0.717, 1.165) is 25.0 Å². The van der Waals surface area contributed by atoms with Gasteiger partial charge in [0.25, 0.3) is 0 Å². The first-order valence-corrected chi connectivity index (χ1v) is 8.37. The second-order valence-corrected chi connectivity index (χ2v) is 6.42. The molecular weight excluding hydrogens is 300 g/mol. The van der Waals surface area contributed by atoms with Crippen molar-refractivity contribution < 1.29 is 13.9 Å². The number of hydrogen-bond donors (Lipinski definition) is 1. The summed E-state index contributed by atoms with van der Waals surface area (Å²) in [4.78, 5) is 15.5. The molecule has 1 fully saturated rings. The van der Waals surface area contributed by atoms with E-state index in [-0.39, 0.29) is 12.1 Å². The van der Waals surface area contributed by atoms with Gasteiger partial charge in [-0.05, 0) is 30.4 Å². The highest BCUT2D eigenvalue weighted by molar-refractivity contribution is 7.09. The van der Waals surface area contributed by atoms with Crippen LogP contribution in [0.15, 0.2) is 40.5 Å². The van der Waals surface area contributed by atoms with E-state index in [1.54, 1.807) is 23.9 Å². The quantitative estimate of drug-likeness (QED) is 0.889. The zero-order chi connectivity index (χ0) is 15.2. The highest BCUT2D eigenvalue weighted by atomic mass is 32.1. The Labute approximate surface area is 133 Å². The lowest BCUT2D eigenvalue weighted by atomic mass is 10.2. The highest BCUT2D eigenvalue weighted by Crippen LogP contribution is 2.17. The minimum atomic E-state index is -0.0647. The molecule has 3 heterocycles. The summed E-state index contributed by atoms with van der Waals surface area (Å²) >= 11 is 1.66. The Kier molecular flexibility index (Phi) is 5.13. The van der Waals surface area contributed by atoms with Gasteiger partial charge in [-0.2, -0.15) is 0 Å². The third kappa shape index (κ3) is 4.11. The molecule has 6 heteroatoms. The van der Waals surface area contributed by atoms with Crippen LogP contribution < -0.4 is 5.32 Å². The summed E-state index contributed by atoms with van der Waals surface area (Å²) in [6.07, 6.45) is 5.50. The van der Waals surface area contributed by atoms with Gasteiger partial charge in [0, 0.05) is 30.1 Å². The molecule has 22 heavy (non-hydrogen) atoms. The number of rotatable bonds is 6. The van der Waals surface area contributed by atoms with Crippen LogP contribution in [0.5, 0.6) is 0 Å². The predicted octanol–water partition coefficient (Wildman–Crippen LogP) is 3.23. The predicted molar refractivity (Wildman–Crippen MR) is 84.6 cm³/mol. The Morgan fingerprint density at radius 2 is 2.41 bits per heavy atom. The van der Waals surface area contributed by atoms with Gasteiger partial charge in [0.15, 0.2) is 0 Å².